The first kappa shape index (κ1) is 48.4. The lowest BCUT2D eigenvalue weighted by Gasteiger charge is -2.32. The second-order valence-corrected chi connectivity index (χ2v) is 16.4. The van der Waals surface area contributed by atoms with Crippen LogP contribution < -0.4 is 19.9 Å². The predicted octanol–water partition coefficient (Wildman–Crippen LogP) is 11.3. The average Bonchev–Trinajstić information content (AvgIpc) is 3.14. The number of amides is 1. The van der Waals surface area contributed by atoms with Gasteiger partial charge in [-0.05, 0) is 63.8 Å². The molecule has 1 atom stereocenters. The molecule has 0 spiro atoms. The zero-order valence-electron chi connectivity index (χ0n) is 35.8. The average molecular weight is 781 g/mol. The molecule has 0 fully saturated rings. The van der Waals surface area contributed by atoms with E-state index in [4.69, 9.17) is 18.9 Å². The number of nitrogens with one attached hydrogen (secondary N) is 1. The van der Waals surface area contributed by atoms with Gasteiger partial charge in [-0.15, -0.1) is 0 Å². The summed E-state index contributed by atoms with van der Waals surface area (Å²) in [6, 6.07) is 12.8. The molecule has 2 aromatic carbocycles. The van der Waals surface area contributed by atoms with Crippen molar-refractivity contribution in [3.05, 3.63) is 59.2 Å². The summed E-state index contributed by atoms with van der Waals surface area (Å²) in [5.41, 5.74) is -0.0146. The molecule has 56 heavy (non-hydrogen) atoms. The summed E-state index contributed by atoms with van der Waals surface area (Å²) in [4.78, 5) is 36.6. The van der Waals surface area contributed by atoms with Gasteiger partial charge in [-0.3, -0.25) is 4.79 Å². The number of ether oxygens (including phenoxy) is 4. The third kappa shape index (κ3) is 21.5. The normalized spacial score (nSPS) is 12.5. The van der Waals surface area contributed by atoms with Crippen LogP contribution in [0.15, 0.2) is 42.5 Å². The number of alkyl carbamates (subject to hydrolysis) is 1. The van der Waals surface area contributed by atoms with Gasteiger partial charge in [0.25, 0.3) is 0 Å². The Morgan fingerprint density at radius 1 is 0.571 bits per heavy atom. The number of carbonyl (C=O) groups excluding carboxylic acids is 3. The Morgan fingerprint density at radius 3 is 1.41 bits per heavy atom. The summed E-state index contributed by atoms with van der Waals surface area (Å²) in [6.07, 6.45) is 23.1. The van der Waals surface area contributed by atoms with Crippen LogP contribution in [0.4, 0.5) is 4.79 Å². The molecule has 1 N–H and O–H groups in total. The van der Waals surface area contributed by atoms with Crippen molar-refractivity contribution in [3.8, 4) is 11.5 Å². The minimum absolute atomic E-state index is 0.232. The Balaban J connectivity index is 2.21. The van der Waals surface area contributed by atoms with Gasteiger partial charge in [0.05, 0.1) is 25.6 Å². The smallest absolute Gasteiger partial charge is 0.407 e. The number of aliphatic carboxylic acids is 1. The molecule has 0 aliphatic carbocycles. The molecule has 0 aliphatic rings. The van der Waals surface area contributed by atoms with Gasteiger partial charge in [0.1, 0.15) is 17.1 Å². The van der Waals surface area contributed by atoms with Crippen LogP contribution in [0.5, 0.6) is 11.5 Å². The summed E-state index contributed by atoms with van der Waals surface area (Å²) in [5, 5.41) is 14.2. The van der Waals surface area contributed by atoms with E-state index in [9.17, 15) is 19.5 Å². The van der Waals surface area contributed by atoms with E-state index in [0.29, 0.717) is 35.8 Å². The van der Waals surface area contributed by atoms with Gasteiger partial charge in [0, 0.05) is 18.2 Å². The molecule has 0 saturated carbocycles. The number of esters is 1. The number of benzene rings is 2. The minimum Gasteiger partial charge on any atom is -0.550 e. The summed E-state index contributed by atoms with van der Waals surface area (Å²) < 4.78 is 23.9. The van der Waals surface area contributed by atoms with Gasteiger partial charge < -0.3 is 34.2 Å². The maximum Gasteiger partial charge on any atom is 0.407 e. The molecule has 0 aliphatic heterocycles. The monoisotopic (exact) mass is 781 g/mol. The van der Waals surface area contributed by atoms with E-state index in [1.807, 2.05) is 30.3 Å². The molecule has 2 rings (SSSR count). The number of rotatable bonds is 31. The second kappa shape index (κ2) is 27.8. The number of unbranched alkanes of at least 4 members (excludes halogenated alkanes) is 18. The van der Waals surface area contributed by atoms with Gasteiger partial charge in [-0.1, -0.05) is 154 Å². The summed E-state index contributed by atoms with van der Waals surface area (Å²) in [7, 11) is 0. The third-order valence-electron chi connectivity index (χ3n) is 9.91. The van der Waals surface area contributed by atoms with Crippen molar-refractivity contribution >= 4 is 18.0 Å². The van der Waals surface area contributed by atoms with E-state index < -0.39 is 35.7 Å². The lowest BCUT2D eigenvalue weighted by Crippen LogP contribution is -2.34. The first-order chi connectivity index (χ1) is 26.9. The lowest BCUT2D eigenvalue weighted by atomic mass is 9.87. The summed E-state index contributed by atoms with van der Waals surface area (Å²) in [5.74, 6) is -1.25. The van der Waals surface area contributed by atoms with E-state index >= 15 is 0 Å². The Kier molecular flexibility index (Phi) is 24.0. The Morgan fingerprint density at radius 2 is 1.00 bits per heavy atom. The largest absolute Gasteiger partial charge is 0.550 e. The number of carbonyl (C=O) groups is 3. The van der Waals surface area contributed by atoms with Crippen LogP contribution in [0, 0.1) is 0 Å². The fraction of sp³-hybridized carbons (Fsp3) is 0.681. The molecule has 1 unspecified atom stereocenters. The van der Waals surface area contributed by atoms with Crippen molar-refractivity contribution in [2.45, 2.75) is 194 Å². The van der Waals surface area contributed by atoms with Gasteiger partial charge >= 0.3 is 12.1 Å². The van der Waals surface area contributed by atoms with E-state index in [1.54, 1.807) is 39.8 Å². The molecule has 2 aromatic rings. The lowest BCUT2D eigenvalue weighted by molar-refractivity contribution is -0.305. The van der Waals surface area contributed by atoms with Crippen molar-refractivity contribution in [3.63, 3.8) is 0 Å². The molecule has 9 nitrogen and oxygen atoms in total. The Hall–Kier alpha value is -3.75. The third-order valence-corrected chi connectivity index (χ3v) is 9.91. The number of carboxylic acids is 1. The zero-order valence-corrected chi connectivity index (χ0v) is 35.8. The van der Waals surface area contributed by atoms with Gasteiger partial charge in [-0.2, -0.15) is 0 Å². The maximum atomic E-state index is 12.9. The van der Waals surface area contributed by atoms with Crippen LogP contribution in [0.3, 0.4) is 0 Å². The molecule has 1 amide bonds. The van der Waals surface area contributed by atoms with Crippen LogP contribution in [-0.4, -0.2) is 36.8 Å². The molecule has 0 saturated heterocycles. The van der Waals surface area contributed by atoms with Crippen molar-refractivity contribution in [2.75, 3.05) is 13.2 Å². The molecule has 0 aromatic heterocycles. The van der Waals surface area contributed by atoms with Crippen LogP contribution in [0.2, 0.25) is 0 Å². The summed E-state index contributed by atoms with van der Waals surface area (Å²) in [6.45, 7) is 12.9. The highest BCUT2D eigenvalue weighted by molar-refractivity contribution is 5.89. The van der Waals surface area contributed by atoms with Crippen LogP contribution >= 0.6 is 0 Å². The van der Waals surface area contributed by atoms with Crippen molar-refractivity contribution in [1.29, 1.82) is 0 Å². The summed E-state index contributed by atoms with van der Waals surface area (Å²) >= 11 is 0. The number of hydrogen-bond acceptors (Lipinski definition) is 8. The standard InChI is InChI=1S/C47H75NO8/c1-7-9-11-13-15-17-19-21-23-25-31-53-41-33-40(34-42(35-41)54-32-26-24-22-20-18-16-14-12-10-8-2)47(6,55-44(51)36-43(49)50)39-29-27-38(28-30-39)37-48-45(52)56-46(3,4)5/h27-30,33-35H,7-26,31-32,36-37H2,1-6H3,(H,48,52)(H,49,50)/p-1. The first-order valence-electron chi connectivity index (χ1n) is 21.8. The van der Waals surface area contributed by atoms with E-state index in [0.717, 1.165) is 31.2 Å². The molecule has 0 heterocycles. The number of hydrogen-bond donors (Lipinski definition) is 1. The van der Waals surface area contributed by atoms with E-state index in [1.165, 1.54) is 103 Å². The highest BCUT2D eigenvalue weighted by atomic mass is 16.6. The fourth-order valence-corrected chi connectivity index (χ4v) is 6.67. The van der Waals surface area contributed by atoms with Gasteiger partial charge in [-0.25, -0.2) is 4.79 Å². The van der Waals surface area contributed by atoms with Gasteiger partial charge in [0.2, 0.25) is 0 Å². The van der Waals surface area contributed by atoms with Crippen molar-refractivity contribution in [2.24, 2.45) is 0 Å². The van der Waals surface area contributed by atoms with Gasteiger partial charge in [0.15, 0.2) is 5.60 Å². The van der Waals surface area contributed by atoms with Crippen LogP contribution in [0.25, 0.3) is 0 Å². The second-order valence-electron chi connectivity index (χ2n) is 16.4. The first-order valence-corrected chi connectivity index (χ1v) is 21.8. The molecular weight excluding hydrogens is 707 g/mol. The molecule has 0 radical (unpaired) electrons. The molecular formula is C47H74NO8-. The SMILES string of the molecule is CCCCCCCCCCCCOc1cc(OCCCCCCCCCCCC)cc(C(C)(OC(=O)CC(=O)[O-])c2ccc(CNC(=O)OC(C)(C)C)cc2)c1. The topological polar surface area (TPSA) is 123 Å². The maximum absolute atomic E-state index is 12.9. The fourth-order valence-electron chi connectivity index (χ4n) is 6.67. The Labute approximate surface area is 339 Å². The van der Waals surface area contributed by atoms with E-state index in [2.05, 4.69) is 19.2 Å². The van der Waals surface area contributed by atoms with Crippen LogP contribution in [0.1, 0.15) is 193 Å². The zero-order chi connectivity index (χ0) is 41.1. The number of carboxylic acid groups (broad SMARTS) is 1. The molecule has 0 bridgehead atoms. The predicted molar refractivity (Wildman–Crippen MR) is 223 cm³/mol. The van der Waals surface area contributed by atoms with Crippen molar-refractivity contribution in [1.82, 2.24) is 5.32 Å². The Bertz CT molecular complexity index is 1340. The highest BCUT2D eigenvalue weighted by Gasteiger charge is 2.35. The minimum atomic E-state index is -1.52. The van der Waals surface area contributed by atoms with Crippen LogP contribution in [-0.2, 0) is 31.2 Å². The quantitative estimate of drug-likeness (QED) is 0.0456. The van der Waals surface area contributed by atoms with E-state index in [-0.39, 0.29) is 6.54 Å². The highest BCUT2D eigenvalue weighted by Crippen LogP contribution is 2.38. The molecule has 9 heteroatoms. The molecule has 316 valence electrons. The van der Waals surface area contributed by atoms with Crippen molar-refractivity contribution < 1.29 is 38.4 Å².